The lowest BCUT2D eigenvalue weighted by atomic mass is 9.95. The molecule has 0 aliphatic carbocycles. The summed E-state index contributed by atoms with van der Waals surface area (Å²) in [7, 11) is 6.96. The van der Waals surface area contributed by atoms with Gasteiger partial charge in [-0.25, -0.2) is 0 Å². The van der Waals surface area contributed by atoms with Crippen molar-refractivity contribution in [3.05, 3.63) is 30.3 Å². The van der Waals surface area contributed by atoms with E-state index in [1.165, 1.54) is 7.11 Å². The van der Waals surface area contributed by atoms with Crippen molar-refractivity contribution in [2.45, 2.75) is 0 Å². The number of rotatable bonds is 4. The van der Waals surface area contributed by atoms with Crippen molar-refractivity contribution in [2.24, 2.45) is 0 Å². The predicted molar refractivity (Wildman–Crippen MR) is 84.1 cm³/mol. The Hall–Kier alpha value is -2.23. The maximum absolute atomic E-state index is 10.1. The number of benzene rings is 2. The van der Waals surface area contributed by atoms with Crippen LogP contribution in [-0.4, -0.2) is 35.0 Å². The second-order valence-corrected chi connectivity index (χ2v) is 4.57. The Kier molecular flexibility index (Phi) is 4.13. The number of aromatic hydroxyl groups is 1. The van der Waals surface area contributed by atoms with E-state index < -0.39 is 0 Å². The quantitative estimate of drug-likeness (QED) is 0.776. The molecule has 0 unspecified atom stereocenters. The van der Waals surface area contributed by atoms with Gasteiger partial charge >= 0.3 is 0 Å². The van der Waals surface area contributed by atoms with Crippen molar-refractivity contribution < 1.29 is 19.3 Å². The molecule has 0 atom stereocenters. The lowest BCUT2D eigenvalue weighted by molar-refractivity contribution is 0.345. The van der Waals surface area contributed by atoms with E-state index in [9.17, 15) is 5.11 Å². The van der Waals surface area contributed by atoms with Crippen LogP contribution in [0.15, 0.2) is 30.3 Å². The molecule has 0 amide bonds. The first kappa shape index (κ1) is 14.2. The van der Waals surface area contributed by atoms with Crippen LogP contribution in [0.1, 0.15) is 0 Å². The fourth-order valence-corrected chi connectivity index (χ4v) is 1.92. The molecule has 0 saturated carbocycles. The summed E-state index contributed by atoms with van der Waals surface area (Å²) in [4.78, 5) is 0. The third kappa shape index (κ3) is 2.85. The summed E-state index contributed by atoms with van der Waals surface area (Å²) >= 11 is 0. The highest BCUT2D eigenvalue weighted by Crippen LogP contribution is 2.39. The van der Waals surface area contributed by atoms with Crippen LogP contribution in [0.2, 0.25) is 0 Å². The minimum absolute atomic E-state index is 0.0271. The monoisotopic (exact) mass is 270 g/mol. The minimum atomic E-state index is -0.0271. The molecule has 0 radical (unpaired) electrons. The molecule has 0 heterocycles. The maximum atomic E-state index is 10.1. The zero-order valence-electron chi connectivity index (χ0n) is 12.1. The summed E-state index contributed by atoms with van der Waals surface area (Å²) in [6.07, 6.45) is 0. The highest BCUT2D eigenvalue weighted by Gasteiger charge is 2.13. The third-order valence-corrected chi connectivity index (χ3v) is 2.94. The molecule has 0 aromatic heterocycles. The van der Waals surface area contributed by atoms with Gasteiger partial charge in [0.15, 0.2) is 23.0 Å². The number of ether oxygens (including phenoxy) is 3. The summed E-state index contributed by atoms with van der Waals surface area (Å²) in [5.74, 6) is 1.85. The van der Waals surface area contributed by atoms with E-state index >= 15 is 0 Å². The van der Waals surface area contributed by atoms with E-state index in [0.717, 1.165) is 10.9 Å². The lowest BCUT2D eigenvalue weighted by Crippen LogP contribution is -2.05. The minimum Gasteiger partial charge on any atom is -0.502 e. The highest BCUT2D eigenvalue weighted by molar-refractivity contribution is 6.33. The van der Waals surface area contributed by atoms with Crippen LogP contribution in [0.3, 0.4) is 0 Å². The summed E-state index contributed by atoms with van der Waals surface area (Å²) in [6.45, 7) is 0. The first-order chi connectivity index (χ1) is 9.55. The van der Waals surface area contributed by atoms with Crippen molar-refractivity contribution >= 4 is 26.6 Å². The molecule has 0 fully saturated rings. The Labute approximate surface area is 120 Å². The van der Waals surface area contributed by atoms with E-state index in [1.54, 1.807) is 19.2 Å². The zero-order chi connectivity index (χ0) is 14.7. The molecule has 0 aliphatic rings. The number of methoxy groups -OCH3 is 2. The van der Waals surface area contributed by atoms with E-state index in [1.807, 2.05) is 33.9 Å². The summed E-state index contributed by atoms with van der Waals surface area (Å²) < 4.78 is 16.2. The smallest absolute Gasteiger partial charge is 0.201 e. The van der Waals surface area contributed by atoms with Crippen LogP contribution in [-0.2, 0) is 0 Å². The van der Waals surface area contributed by atoms with Crippen LogP contribution >= 0.6 is 0 Å². The summed E-state index contributed by atoms with van der Waals surface area (Å²) in [6, 6.07) is 9.09. The number of phenolic OH excluding ortho intramolecular Hbond substituents is 1. The largest absolute Gasteiger partial charge is 0.502 e. The molecule has 0 spiro atoms. The average Bonchev–Trinajstić information content (AvgIpc) is 2.44. The van der Waals surface area contributed by atoms with Crippen LogP contribution in [0.4, 0.5) is 0 Å². The molecule has 20 heavy (non-hydrogen) atoms. The second kappa shape index (κ2) is 5.82. The Balaban J connectivity index is 2.42. The molecular weight excluding hydrogens is 254 g/mol. The molecule has 2 aromatic carbocycles. The number of hydrogen-bond acceptors (Lipinski definition) is 4. The topological polar surface area (TPSA) is 47.9 Å². The maximum Gasteiger partial charge on any atom is 0.201 e. The molecule has 0 aliphatic heterocycles. The van der Waals surface area contributed by atoms with Gasteiger partial charge in [-0.05, 0) is 24.3 Å². The first-order valence-electron chi connectivity index (χ1n) is 6.25. The Morgan fingerprint density at radius 2 is 1.40 bits per heavy atom. The Morgan fingerprint density at radius 3 is 2.05 bits per heavy atom. The molecular formula is C14H16B2O4. The van der Waals surface area contributed by atoms with Crippen molar-refractivity contribution in [3.63, 3.8) is 0 Å². The van der Waals surface area contributed by atoms with Gasteiger partial charge < -0.3 is 19.3 Å². The van der Waals surface area contributed by atoms with Gasteiger partial charge in [-0.2, -0.15) is 0 Å². The van der Waals surface area contributed by atoms with Gasteiger partial charge in [0.05, 0.1) is 14.2 Å². The lowest BCUT2D eigenvalue weighted by Gasteiger charge is -2.14. The highest BCUT2D eigenvalue weighted by atomic mass is 16.5. The molecule has 1 N–H and O–H groups in total. The van der Waals surface area contributed by atoms with Gasteiger partial charge in [-0.3, -0.25) is 0 Å². The fourth-order valence-electron chi connectivity index (χ4n) is 1.92. The SMILES string of the molecule is Bc1ccc(Oc2cc(B)cc(OC)c2O)c(OC)c1. The molecule has 0 bridgehead atoms. The van der Waals surface area contributed by atoms with Crippen LogP contribution < -0.4 is 25.1 Å². The van der Waals surface area contributed by atoms with Gasteiger partial charge in [0.2, 0.25) is 5.75 Å². The van der Waals surface area contributed by atoms with Gasteiger partial charge in [-0.1, -0.05) is 17.0 Å². The molecule has 102 valence electrons. The van der Waals surface area contributed by atoms with E-state index in [-0.39, 0.29) is 5.75 Å². The first-order valence-corrected chi connectivity index (χ1v) is 6.25. The normalized spacial score (nSPS) is 10.1. The van der Waals surface area contributed by atoms with Crippen molar-refractivity contribution in [3.8, 4) is 28.7 Å². The summed E-state index contributed by atoms with van der Waals surface area (Å²) in [5.41, 5.74) is 2.00. The van der Waals surface area contributed by atoms with Crippen LogP contribution in [0, 0.1) is 0 Å². The van der Waals surface area contributed by atoms with Crippen LogP contribution in [0.25, 0.3) is 0 Å². The Bertz CT molecular complexity index is 629. The number of phenols is 1. The van der Waals surface area contributed by atoms with Gasteiger partial charge in [0, 0.05) is 0 Å². The third-order valence-electron chi connectivity index (χ3n) is 2.94. The van der Waals surface area contributed by atoms with E-state index in [4.69, 9.17) is 14.2 Å². The second-order valence-electron chi connectivity index (χ2n) is 4.57. The average molecular weight is 270 g/mol. The predicted octanol–water partition coefficient (Wildman–Crippen LogP) is -0.282. The van der Waals surface area contributed by atoms with Gasteiger partial charge in [0.1, 0.15) is 15.7 Å². The molecule has 0 saturated heterocycles. The zero-order valence-corrected chi connectivity index (χ0v) is 12.1. The van der Waals surface area contributed by atoms with E-state index in [2.05, 4.69) is 0 Å². The molecule has 6 heteroatoms. The number of hydrogen-bond donors (Lipinski definition) is 1. The Morgan fingerprint density at radius 1 is 0.800 bits per heavy atom. The standard InChI is InChI=1S/C14H16B2O4/c1-18-11-5-8(15)3-4-10(11)20-13-7-9(16)6-12(19-2)14(13)17/h3-7,17H,15-16H2,1-2H3. The van der Waals surface area contributed by atoms with Crippen LogP contribution in [0.5, 0.6) is 28.7 Å². The molecule has 4 nitrogen and oxygen atoms in total. The van der Waals surface area contributed by atoms with Gasteiger partial charge in [0.25, 0.3) is 0 Å². The van der Waals surface area contributed by atoms with Gasteiger partial charge in [-0.15, -0.1) is 0 Å². The fraction of sp³-hybridized carbons (Fsp3) is 0.143. The van der Waals surface area contributed by atoms with Crippen molar-refractivity contribution in [1.82, 2.24) is 0 Å². The van der Waals surface area contributed by atoms with E-state index in [0.29, 0.717) is 23.0 Å². The van der Waals surface area contributed by atoms with Crippen molar-refractivity contribution in [1.29, 1.82) is 0 Å². The van der Waals surface area contributed by atoms with Crippen molar-refractivity contribution in [2.75, 3.05) is 14.2 Å². The molecule has 2 rings (SSSR count). The molecule has 2 aromatic rings. The summed E-state index contributed by atoms with van der Waals surface area (Å²) in [5, 5.41) is 10.1.